The quantitative estimate of drug-likeness (QED) is 0.00712. The molecule has 19 nitrogen and oxygen atoms in total. The third kappa shape index (κ3) is 28.3. The molecule has 7 aromatic rings. The van der Waals surface area contributed by atoms with E-state index in [0.29, 0.717) is 100 Å². The van der Waals surface area contributed by atoms with Gasteiger partial charge in [0.25, 0.3) is 0 Å². The molecule has 0 radical (unpaired) electrons. The normalized spacial score (nSPS) is 13.0. The molecular formula is C89H96F6N4O15S2. The van der Waals surface area contributed by atoms with E-state index in [4.69, 9.17) is 59.0 Å². The number of carboxylic acids is 1. The predicted octanol–water partition coefficient (Wildman–Crippen LogP) is 24.0. The van der Waals surface area contributed by atoms with Crippen LogP contribution >= 0.6 is 22.7 Å². The summed E-state index contributed by atoms with van der Waals surface area (Å²) in [6.45, 7) is 26.5. The highest BCUT2D eigenvalue weighted by Gasteiger charge is 2.42. The average molecular weight is 1640 g/mol. The van der Waals surface area contributed by atoms with Crippen molar-refractivity contribution in [1.29, 1.82) is 10.5 Å². The van der Waals surface area contributed by atoms with Gasteiger partial charge in [0.15, 0.2) is 34.3 Å². The van der Waals surface area contributed by atoms with Crippen LogP contribution in [0, 0.1) is 29.2 Å². The number of nitrogens with zero attached hydrogens (tertiary/aromatic N) is 4. The minimum absolute atomic E-state index is 0.0000570. The molecular weight excluding hydrogens is 1540 g/mol. The number of anilines is 1. The van der Waals surface area contributed by atoms with Gasteiger partial charge in [-0.25, -0.2) is 19.4 Å². The number of nitriles is 2. The molecule has 116 heavy (non-hydrogen) atoms. The summed E-state index contributed by atoms with van der Waals surface area (Å²) in [5.41, 5.74) is 2.67. The maximum atomic E-state index is 13.5. The monoisotopic (exact) mass is 1640 g/mol. The third-order valence-electron chi connectivity index (χ3n) is 17.7. The number of carbonyl (C=O) groups is 2. The van der Waals surface area contributed by atoms with Crippen molar-refractivity contribution in [2.45, 2.75) is 157 Å². The Morgan fingerprint density at radius 1 is 0.534 bits per heavy atom. The standard InChI is InChI=1S/C88H94F6N4O14S2.CH2O/c1-8-13-46-102-79-73(40-32-60-26-33-65(34-27-60)98(12-5)45-21-17-18-22-50-101-72-25-20-19-24-70(72)87(99)100)113-75(81(79)104-48-15-10-3)42-43-76-82(105-49-16-11-4)80(103-47-14-9-2)74(114-76)41-39-71-77(97-7)78(64(55-95)56-96)112-88(71,6)44-23-51-108-109-59-63-52-68(106-57-61-28-35-66(36-29-61)110-85(93)83(89)90)54-69(53-63)107-58-62-30-37-67(38-31-62)111-86(94)84(91)92;1-2/h19-20,24-43,52-54H,8-18,21-23,44-51,57-59H2,1-6H3,(H,99,100);1H2/b40-32+,41-39+,43-42+;. The summed E-state index contributed by atoms with van der Waals surface area (Å²) >= 11 is 2.99. The van der Waals surface area contributed by atoms with Crippen LogP contribution in [-0.4, -0.2) is 76.2 Å². The van der Waals surface area contributed by atoms with Crippen molar-refractivity contribution in [1.82, 2.24) is 0 Å². The van der Waals surface area contributed by atoms with Crippen molar-refractivity contribution in [2.24, 2.45) is 0 Å². The number of benzene rings is 5. The van der Waals surface area contributed by atoms with Crippen LogP contribution < -0.4 is 47.5 Å². The van der Waals surface area contributed by atoms with E-state index < -0.39 is 35.8 Å². The van der Waals surface area contributed by atoms with Crippen LogP contribution in [0.1, 0.15) is 184 Å². The molecule has 0 aliphatic carbocycles. The molecule has 0 fully saturated rings. The lowest BCUT2D eigenvalue weighted by Crippen LogP contribution is -2.26. The summed E-state index contributed by atoms with van der Waals surface area (Å²) in [5.74, 6) is 1.86. The van der Waals surface area contributed by atoms with Gasteiger partial charge in [-0.2, -0.15) is 36.9 Å². The zero-order valence-corrected chi connectivity index (χ0v) is 67.5. The van der Waals surface area contributed by atoms with E-state index in [1.165, 1.54) is 59.9 Å². The fourth-order valence-electron chi connectivity index (χ4n) is 11.6. The molecule has 1 aliphatic heterocycles. The first-order chi connectivity index (χ1) is 56.4. The number of para-hydroxylation sites is 1. The van der Waals surface area contributed by atoms with Crippen LogP contribution in [0.3, 0.4) is 0 Å². The Hall–Kier alpha value is -11.4. The molecule has 0 bridgehead atoms. The van der Waals surface area contributed by atoms with E-state index in [9.17, 15) is 46.8 Å². The second-order valence-corrected chi connectivity index (χ2v) is 28.5. The first kappa shape index (κ1) is 91.8. The highest BCUT2D eigenvalue weighted by atomic mass is 32.1. The minimum atomic E-state index is -2.61. The van der Waals surface area contributed by atoms with Gasteiger partial charge >= 0.3 is 30.2 Å². The van der Waals surface area contributed by atoms with Gasteiger partial charge in [-0.15, -0.1) is 22.7 Å². The number of carbonyl (C=O) groups excluding carboxylic acids is 1. The molecule has 0 saturated heterocycles. The topological polar surface area (TPSA) is 220 Å². The van der Waals surface area contributed by atoms with E-state index >= 15 is 0 Å². The molecule has 1 aliphatic rings. The fraction of sp³-hybridized carbons (Fsp3) is 0.360. The summed E-state index contributed by atoms with van der Waals surface area (Å²) < 4.78 is 138. The molecule has 8 rings (SSSR count). The number of hydrogen-bond donors (Lipinski definition) is 1. The van der Waals surface area contributed by atoms with E-state index in [1.54, 1.807) is 66.8 Å². The number of thiophene rings is 2. The third-order valence-corrected chi connectivity index (χ3v) is 19.9. The van der Waals surface area contributed by atoms with Crippen molar-refractivity contribution in [3.8, 4) is 63.9 Å². The minimum Gasteiger partial charge on any atom is -0.493 e. The molecule has 1 atom stereocenters. The molecule has 1 unspecified atom stereocenters. The molecule has 5 aromatic carbocycles. The van der Waals surface area contributed by atoms with Crippen LogP contribution in [0.4, 0.5) is 32.0 Å². The van der Waals surface area contributed by atoms with Gasteiger partial charge in [0.05, 0.1) is 65.7 Å². The molecule has 0 spiro atoms. The van der Waals surface area contributed by atoms with E-state index in [0.717, 1.165) is 116 Å². The second kappa shape index (κ2) is 49.4. The number of halogens is 6. The van der Waals surface area contributed by atoms with E-state index in [2.05, 4.69) is 90.3 Å². The Morgan fingerprint density at radius 2 is 1.00 bits per heavy atom. The highest BCUT2D eigenvalue weighted by Crippen LogP contribution is 2.50. The van der Waals surface area contributed by atoms with Crippen molar-refractivity contribution < 1.29 is 98.2 Å². The van der Waals surface area contributed by atoms with Crippen LogP contribution in [0.15, 0.2) is 168 Å². The van der Waals surface area contributed by atoms with Gasteiger partial charge in [0.1, 0.15) is 78.7 Å². The summed E-state index contributed by atoms with van der Waals surface area (Å²) in [5, 5.41) is 29.9. The molecule has 3 heterocycles. The number of aromatic carboxylic acids is 1. The van der Waals surface area contributed by atoms with Gasteiger partial charge in [-0.3, -0.25) is 0 Å². The lowest BCUT2D eigenvalue weighted by atomic mass is 9.90. The van der Waals surface area contributed by atoms with Crippen LogP contribution in [0.2, 0.25) is 0 Å². The predicted molar refractivity (Wildman–Crippen MR) is 437 cm³/mol. The summed E-state index contributed by atoms with van der Waals surface area (Å²) in [4.78, 5) is 40.5. The molecule has 1 N–H and O–H groups in total. The zero-order valence-electron chi connectivity index (χ0n) is 65.9. The lowest BCUT2D eigenvalue weighted by molar-refractivity contribution is -0.304. The van der Waals surface area contributed by atoms with Gasteiger partial charge in [0, 0.05) is 30.4 Å². The van der Waals surface area contributed by atoms with E-state index in [-0.39, 0.29) is 73.4 Å². The van der Waals surface area contributed by atoms with Crippen LogP contribution in [0.5, 0.6) is 51.7 Å². The highest BCUT2D eigenvalue weighted by molar-refractivity contribution is 7.15. The Kier molecular flexibility index (Phi) is 39.1. The zero-order chi connectivity index (χ0) is 83.6. The Morgan fingerprint density at radius 3 is 1.46 bits per heavy atom. The van der Waals surface area contributed by atoms with Gasteiger partial charge in [0.2, 0.25) is 5.70 Å². The molecule has 27 heteroatoms. The van der Waals surface area contributed by atoms with Crippen molar-refractivity contribution >= 4 is 71.5 Å². The van der Waals surface area contributed by atoms with Gasteiger partial charge < -0.3 is 62.2 Å². The number of unbranched alkanes of at least 4 members (excludes halogenated alkanes) is 7. The summed E-state index contributed by atoms with van der Waals surface area (Å²) in [6, 6.07) is 31.0. The Bertz CT molecular complexity index is 4560. The lowest BCUT2D eigenvalue weighted by Gasteiger charge is -2.27. The Labute approximate surface area is 681 Å². The molecule has 0 saturated carbocycles. The van der Waals surface area contributed by atoms with Crippen molar-refractivity contribution in [3.05, 3.63) is 227 Å². The number of allylic oxidation sites excluding steroid dienone is 1. The first-order valence-corrected chi connectivity index (χ1v) is 39.9. The summed E-state index contributed by atoms with van der Waals surface area (Å²) in [6.07, 6.45) is 17.7. The van der Waals surface area contributed by atoms with E-state index in [1.807, 2.05) is 37.2 Å². The Balaban J connectivity index is 0.00000923. The van der Waals surface area contributed by atoms with Crippen LogP contribution in [0.25, 0.3) is 35.2 Å². The molecule has 2 aromatic heterocycles. The maximum Gasteiger partial charge on any atom is 0.344 e. The number of carboxylic acid groups (broad SMARTS) is 1. The SMILES string of the molecule is C=O.[C-]#[N+]C1=C(/C=C/c2sc(/C=C/c3sc(/C=C/c4ccc(N(CC)CCCCCCOc5ccccc5C(=O)O)cc4)c(OCCCC)c3OCCCC)c(OCCCC)c2OCCCC)C(C)(CCCOOCc2cc(OCc3ccc(OC(F)=C(F)F)cc3)cc(OCc3ccc(OC(F)=C(F)F)cc3)c2)OC1=C(C#N)C#N. The van der Waals surface area contributed by atoms with Gasteiger partial charge in [-0.1, -0.05) is 127 Å². The smallest absolute Gasteiger partial charge is 0.344 e. The second-order valence-electron chi connectivity index (χ2n) is 26.3. The van der Waals surface area contributed by atoms with Crippen molar-refractivity contribution in [3.63, 3.8) is 0 Å². The summed E-state index contributed by atoms with van der Waals surface area (Å²) in [7, 11) is 0. The van der Waals surface area contributed by atoms with Gasteiger partial charge in [-0.05, 0) is 172 Å². The number of hydrogen-bond acceptors (Lipinski definition) is 19. The van der Waals surface area contributed by atoms with Crippen molar-refractivity contribution in [2.75, 3.05) is 57.6 Å². The first-order valence-electron chi connectivity index (χ1n) is 38.3. The van der Waals surface area contributed by atoms with Crippen LogP contribution in [-0.2, 0) is 39.1 Å². The fourth-order valence-corrected chi connectivity index (χ4v) is 13.6. The molecule has 0 amide bonds. The average Bonchev–Trinajstić information content (AvgIpc) is 1.61. The molecule has 616 valence electrons. The number of rotatable bonds is 50. The maximum absolute atomic E-state index is 13.5. The number of ether oxygens (including phenoxy) is 10. The largest absolute Gasteiger partial charge is 0.493 e.